The predicted molar refractivity (Wildman–Crippen MR) is 113 cm³/mol. The van der Waals surface area contributed by atoms with Crippen molar-refractivity contribution in [1.82, 2.24) is 0 Å². The fourth-order valence-electron chi connectivity index (χ4n) is 2.85. The summed E-state index contributed by atoms with van der Waals surface area (Å²) in [5.41, 5.74) is 1.01. The summed E-state index contributed by atoms with van der Waals surface area (Å²) in [7, 11) is -2.20. The van der Waals surface area contributed by atoms with Crippen molar-refractivity contribution in [3.63, 3.8) is 0 Å². The average molecular weight is 435 g/mol. The van der Waals surface area contributed by atoms with Gasteiger partial charge in [0.05, 0.1) is 28.7 Å². The summed E-state index contributed by atoms with van der Waals surface area (Å²) in [4.78, 5) is 25.2. The Bertz CT molecular complexity index is 1050. The van der Waals surface area contributed by atoms with E-state index in [2.05, 4.69) is 10.6 Å². The van der Waals surface area contributed by atoms with Crippen molar-refractivity contribution >= 4 is 44.8 Å². The SMILES string of the molecule is COc1cccc(NC(=O)[C@H](C)CS(=O)(=O)c2ccc3c(c2)NC(=O)[C@@H](C)S3)c1. The molecule has 0 aliphatic carbocycles. The van der Waals surface area contributed by atoms with Crippen LogP contribution in [0.1, 0.15) is 13.8 Å². The Hall–Kier alpha value is -2.52. The molecule has 2 aromatic carbocycles. The highest BCUT2D eigenvalue weighted by molar-refractivity contribution is 8.01. The maximum absolute atomic E-state index is 12.8. The molecule has 0 saturated heterocycles. The quantitative estimate of drug-likeness (QED) is 0.724. The van der Waals surface area contributed by atoms with Gasteiger partial charge < -0.3 is 15.4 Å². The third-order valence-electron chi connectivity index (χ3n) is 4.50. The number of anilines is 2. The van der Waals surface area contributed by atoms with Crippen LogP contribution in [-0.2, 0) is 19.4 Å². The highest BCUT2D eigenvalue weighted by Crippen LogP contribution is 2.37. The molecular weight excluding hydrogens is 412 g/mol. The number of sulfone groups is 1. The molecule has 2 atom stereocenters. The third kappa shape index (κ3) is 4.91. The summed E-state index contributed by atoms with van der Waals surface area (Å²) in [6, 6.07) is 11.5. The van der Waals surface area contributed by atoms with Gasteiger partial charge in [0.25, 0.3) is 0 Å². The van der Waals surface area contributed by atoms with Crippen LogP contribution < -0.4 is 15.4 Å². The molecule has 7 nitrogen and oxygen atoms in total. The van der Waals surface area contributed by atoms with Gasteiger partial charge in [-0.15, -0.1) is 11.8 Å². The van der Waals surface area contributed by atoms with Crippen molar-refractivity contribution in [3.8, 4) is 5.75 Å². The van der Waals surface area contributed by atoms with Crippen molar-refractivity contribution < 1.29 is 22.7 Å². The molecule has 0 radical (unpaired) electrons. The molecule has 9 heteroatoms. The van der Waals surface area contributed by atoms with Gasteiger partial charge in [0.15, 0.2) is 9.84 Å². The number of amides is 2. The molecule has 0 bridgehead atoms. The number of carbonyl (C=O) groups is 2. The van der Waals surface area contributed by atoms with Crippen molar-refractivity contribution in [2.24, 2.45) is 5.92 Å². The van der Waals surface area contributed by atoms with E-state index in [0.717, 1.165) is 4.90 Å². The number of hydrogen-bond acceptors (Lipinski definition) is 6. The number of nitrogens with one attached hydrogen (secondary N) is 2. The second-order valence-electron chi connectivity index (χ2n) is 6.81. The Morgan fingerprint density at radius 3 is 2.76 bits per heavy atom. The minimum absolute atomic E-state index is 0.0766. The highest BCUT2D eigenvalue weighted by Gasteiger charge is 2.27. The number of carbonyl (C=O) groups excluding carboxylic acids is 2. The van der Waals surface area contributed by atoms with Gasteiger partial charge in [-0.25, -0.2) is 8.42 Å². The maximum Gasteiger partial charge on any atom is 0.237 e. The number of rotatable bonds is 6. The van der Waals surface area contributed by atoms with Gasteiger partial charge in [0, 0.05) is 22.6 Å². The summed E-state index contributed by atoms with van der Waals surface area (Å²) in [6.45, 7) is 3.35. The number of fused-ring (bicyclic) bond motifs is 1. The molecule has 0 saturated carbocycles. The Morgan fingerprint density at radius 1 is 1.28 bits per heavy atom. The van der Waals surface area contributed by atoms with E-state index in [9.17, 15) is 18.0 Å². The van der Waals surface area contributed by atoms with Gasteiger partial charge in [-0.05, 0) is 37.3 Å². The third-order valence-corrected chi connectivity index (χ3v) is 7.58. The zero-order chi connectivity index (χ0) is 21.2. The first kappa shape index (κ1) is 21.2. The normalized spacial score (nSPS) is 17.1. The van der Waals surface area contributed by atoms with Gasteiger partial charge in [0.1, 0.15) is 5.75 Å². The van der Waals surface area contributed by atoms with Crippen LogP contribution in [0.3, 0.4) is 0 Å². The number of thioether (sulfide) groups is 1. The molecule has 154 valence electrons. The Kier molecular flexibility index (Phi) is 6.18. The molecule has 3 rings (SSSR count). The summed E-state index contributed by atoms with van der Waals surface area (Å²) in [5, 5.41) is 5.20. The molecule has 1 aliphatic rings. The lowest BCUT2D eigenvalue weighted by molar-refractivity contribution is -0.119. The molecule has 29 heavy (non-hydrogen) atoms. The number of hydrogen-bond donors (Lipinski definition) is 2. The van der Waals surface area contributed by atoms with Crippen molar-refractivity contribution in [1.29, 1.82) is 0 Å². The van der Waals surface area contributed by atoms with Crippen LogP contribution in [-0.4, -0.2) is 38.3 Å². The van der Waals surface area contributed by atoms with E-state index in [4.69, 9.17) is 4.74 Å². The molecule has 2 N–H and O–H groups in total. The van der Waals surface area contributed by atoms with E-state index < -0.39 is 21.7 Å². The lowest BCUT2D eigenvalue weighted by Crippen LogP contribution is -2.28. The predicted octanol–water partition coefficient (Wildman–Crippen LogP) is 3.18. The van der Waals surface area contributed by atoms with Gasteiger partial charge in [-0.3, -0.25) is 9.59 Å². The van der Waals surface area contributed by atoms with Gasteiger partial charge in [0.2, 0.25) is 11.8 Å². The molecule has 0 aromatic heterocycles. The Labute approximate surface area is 174 Å². The van der Waals surface area contributed by atoms with E-state index in [0.29, 0.717) is 17.1 Å². The van der Waals surface area contributed by atoms with Crippen molar-refractivity contribution in [3.05, 3.63) is 42.5 Å². The van der Waals surface area contributed by atoms with Crippen LogP contribution in [0.5, 0.6) is 5.75 Å². The van der Waals surface area contributed by atoms with E-state index in [-0.39, 0.29) is 21.8 Å². The molecule has 1 heterocycles. The second-order valence-corrected chi connectivity index (χ2v) is 10.2. The number of ether oxygens (including phenoxy) is 1. The highest BCUT2D eigenvalue weighted by atomic mass is 32.2. The Morgan fingerprint density at radius 2 is 2.03 bits per heavy atom. The lowest BCUT2D eigenvalue weighted by Gasteiger charge is -2.22. The van der Waals surface area contributed by atoms with Gasteiger partial charge in [-0.1, -0.05) is 13.0 Å². The van der Waals surface area contributed by atoms with Crippen LogP contribution in [0.15, 0.2) is 52.3 Å². The van der Waals surface area contributed by atoms with E-state index >= 15 is 0 Å². The lowest BCUT2D eigenvalue weighted by atomic mass is 10.2. The molecule has 0 fully saturated rings. The average Bonchev–Trinajstić information content (AvgIpc) is 2.68. The van der Waals surface area contributed by atoms with Crippen LogP contribution in [0.25, 0.3) is 0 Å². The number of methoxy groups -OCH3 is 1. The largest absolute Gasteiger partial charge is 0.497 e. The van der Waals surface area contributed by atoms with Crippen LogP contribution in [0, 0.1) is 5.92 Å². The fourth-order valence-corrected chi connectivity index (χ4v) is 5.35. The van der Waals surface area contributed by atoms with Crippen LogP contribution in [0.4, 0.5) is 11.4 Å². The van der Waals surface area contributed by atoms with Gasteiger partial charge in [-0.2, -0.15) is 0 Å². The standard InChI is InChI=1S/C20H22N2O5S2/c1-12(19(23)21-14-5-4-6-15(9-14)27-3)11-29(25,26)16-7-8-18-17(10-16)22-20(24)13(2)28-18/h4-10,12-13H,11H2,1-3H3,(H,21,23)(H,22,24)/t12-,13-/m1/s1. The monoisotopic (exact) mass is 434 g/mol. The topological polar surface area (TPSA) is 102 Å². The Balaban J connectivity index is 1.72. The molecule has 0 spiro atoms. The molecule has 1 aliphatic heterocycles. The van der Waals surface area contributed by atoms with E-state index in [1.165, 1.54) is 31.0 Å². The smallest absolute Gasteiger partial charge is 0.237 e. The molecular formula is C20H22N2O5S2. The number of benzene rings is 2. The summed E-state index contributed by atoms with van der Waals surface area (Å²) in [5.74, 6) is -1.10. The first-order chi connectivity index (χ1) is 13.7. The first-order valence-electron chi connectivity index (χ1n) is 8.99. The van der Waals surface area contributed by atoms with Crippen molar-refractivity contribution in [2.75, 3.05) is 23.5 Å². The molecule has 0 unspecified atom stereocenters. The minimum atomic E-state index is -3.72. The van der Waals surface area contributed by atoms with E-state index in [1.807, 2.05) is 0 Å². The first-order valence-corrected chi connectivity index (χ1v) is 11.5. The maximum atomic E-state index is 12.8. The van der Waals surface area contributed by atoms with Gasteiger partial charge >= 0.3 is 0 Å². The second kappa shape index (κ2) is 8.46. The summed E-state index contributed by atoms with van der Waals surface area (Å²) >= 11 is 1.38. The zero-order valence-electron chi connectivity index (χ0n) is 16.3. The molecule has 2 amide bonds. The summed E-state index contributed by atoms with van der Waals surface area (Å²) < 4.78 is 30.7. The van der Waals surface area contributed by atoms with Crippen LogP contribution in [0.2, 0.25) is 0 Å². The van der Waals surface area contributed by atoms with E-state index in [1.54, 1.807) is 44.2 Å². The van der Waals surface area contributed by atoms with Crippen LogP contribution >= 0.6 is 11.8 Å². The zero-order valence-corrected chi connectivity index (χ0v) is 17.9. The molecule has 2 aromatic rings. The summed E-state index contributed by atoms with van der Waals surface area (Å²) in [6.07, 6.45) is 0. The fraction of sp³-hybridized carbons (Fsp3) is 0.300. The minimum Gasteiger partial charge on any atom is -0.497 e. The van der Waals surface area contributed by atoms with Crippen molar-refractivity contribution in [2.45, 2.75) is 28.9 Å².